The van der Waals surface area contributed by atoms with Crippen molar-refractivity contribution in [1.82, 2.24) is 13.9 Å². The van der Waals surface area contributed by atoms with E-state index in [-0.39, 0.29) is 12.5 Å². The van der Waals surface area contributed by atoms with E-state index in [0.29, 0.717) is 37.8 Å². The number of carbonyl (C=O) groups is 1. The minimum Gasteiger partial charge on any atom is -0.492 e. The van der Waals surface area contributed by atoms with Crippen molar-refractivity contribution in [2.24, 2.45) is 0 Å². The summed E-state index contributed by atoms with van der Waals surface area (Å²) in [6.07, 6.45) is 3.23. The summed E-state index contributed by atoms with van der Waals surface area (Å²) in [4.78, 5) is 11.8. The molecule has 1 fully saturated rings. The van der Waals surface area contributed by atoms with Crippen molar-refractivity contribution < 1.29 is 17.9 Å². The van der Waals surface area contributed by atoms with E-state index >= 15 is 0 Å². The van der Waals surface area contributed by atoms with Gasteiger partial charge in [0.25, 0.3) is 10.2 Å². The lowest BCUT2D eigenvalue weighted by Crippen LogP contribution is -2.40. The van der Waals surface area contributed by atoms with Crippen LogP contribution in [-0.2, 0) is 28.0 Å². The largest absolute Gasteiger partial charge is 0.492 e. The second-order valence-corrected chi connectivity index (χ2v) is 8.90. The Labute approximate surface area is 149 Å². The van der Waals surface area contributed by atoms with Crippen molar-refractivity contribution >= 4 is 16.1 Å². The Hall–Kier alpha value is -1.64. The molecule has 1 aliphatic heterocycles. The summed E-state index contributed by atoms with van der Waals surface area (Å²) in [5.41, 5.74) is 1.85. The molecular formula is C17H25N3O4S. The van der Waals surface area contributed by atoms with Crippen LogP contribution in [0.5, 0.6) is 5.75 Å². The maximum Gasteiger partial charge on any atom is 0.281 e. The minimum atomic E-state index is -3.49. The molecular weight excluding hydrogens is 342 g/mol. The van der Waals surface area contributed by atoms with Crippen LogP contribution in [0.3, 0.4) is 0 Å². The van der Waals surface area contributed by atoms with Crippen molar-refractivity contribution in [2.45, 2.75) is 38.3 Å². The molecule has 1 heterocycles. The fraction of sp³-hybridized carbons (Fsp3) is 0.588. The van der Waals surface area contributed by atoms with Gasteiger partial charge in [-0.3, -0.25) is 4.79 Å². The zero-order valence-electron chi connectivity index (χ0n) is 14.7. The van der Waals surface area contributed by atoms with Crippen LogP contribution in [0.2, 0.25) is 0 Å². The summed E-state index contributed by atoms with van der Waals surface area (Å²) < 4.78 is 33.1. The first-order valence-corrected chi connectivity index (χ1v) is 9.97. The summed E-state index contributed by atoms with van der Waals surface area (Å²) >= 11 is 0. The summed E-state index contributed by atoms with van der Waals surface area (Å²) in [7, 11) is -0.439. The number of aryl methyl sites for hydroxylation is 1. The van der Waals surface area contributed by atoms with Crippen LogP contribution in [-0.4, -0.2) is 56.2 Å². The SMILES string of the molecule is CN(C)S(=O)(=O)N1CCOc2ccc(CCC(=O)NC3CC3)cc2C1. The van der Waals surface area contributed by atoms with Gasteiger partial charge in [0.1, 0.15) is 12.4 Å². The molecule has 0 bridgehead atoms. The average Bonchev–Trinajstić information content (AvgIpc) is 3.38. The Morgan fingerprint density at radius 2 is 2.12 bits per heavy atom. The lowest BCUT2D eigenvalue weighted by Gasteiger charge is -2.23. The lowest BCUT2D eigenvalue weighted by molar-refractivity contribution is -0.121. The number of carbonyl (C=O) groups excluding carboxylic acids is 1. The van der Waals surface area contributed by atoms with E-state index in [1.54, 1.807) is 0 Å². The summed E-state index contributed by atoms with van der Waals surface area (Å²) in [6.45, 7) is 0.912. The monoisotopic (exact) mass is 367 g/mol. The molecule has 0 aromatic heterocycles. The first kappa shape index (κ1) is 18.2. The number of ether oxygens (including phenoxy) is 1. The van der Waals surface area contributed by atoms with Gasteiger partial charge in [-0.05, 0) is 30.9 Å². The first-order chi connectivity index (χ1) is 11.9. The highest BCUT2D eigenvalue weighted by molar-refractivity contribution is 7.86. The van der Waals surface area contributed by atoms with Crippen molar-refractivity contribution in [3.05, 3.63) is 29.3 Å². The predicted octanol–water partition coefficient (Wildman–Crippen LogP) is 0.899. The third kappa shape index (κ3) is 4.50. The summed E-state index contributed by atoms with van der Waals surface area (Å²) in [5, 5.41) is 2.98. The molecule has 1 aliphatic carbocycles. The van der Waals surface area contributed by atoms with Crippen LogP contribution in [0.4, 0.5) is 0 Å². The van der Waals surface area contributed by atoms with Gasteiger partial charge in [0.2, 0.25) is 5.91 Å². The van der Waals surface area contributed by atoms with E-state index in [0.717, 1.165) is 24.0 Å². The molecule has 7 nitrogen and oxygen atoms in total. The smallest absolute Gasteiger partial charge is 0.281 e. The maximum atomic E-state index is 12.4. The third-order valence-corrected chi connectivity index (χ3v) is 6.33. The molecule has 1 aromatic rings. The van der Waals surface area contributed by atoms with Gasteiger partial charge in [-0.15, -0.1) is 0 Å². The molecule has 1 aromatic carbocycles. The number of amides is 1. The standard InChI is InChI=1S/C17H25N3O4S/c1-19(2)25(22,23)20-9-10-24-16-7-3-13(11-14(16)12-20)4-8-17(21)18-15-5-6-15/h3,7,11,15H,4-6,8-10,12H2,1-2H3,(H,18,21). The zero-order valence-corrected chi connectivity index (χ0v) is 15.5. The molecule has 0 spiro atoms. The number of benzene rings is 1. The molecule has 0 atom stereocenters. The molecule has 1 saturated carbocycles. The van der Waals surface area contributed by atoms with E-state index in [4.69, 9.17) is 4.74 Å². The lowest BCUT2D eigenvalue weighted by atomic mass is 10.1. The van der Waals surface area contributed by atoms with Crippen LogP contribution in [0.1, 0.15) is 30.4 Å². The van der Waals surface area contributed by atoms with Gasteiger partial charge in [0.05, 0.1) is 0 Å². The van der Waals surface area contributed by atoms with Gasteiger partial charge < -0.3 is 10.1 Å². The van der Waals surface area contributed by atoms with E-state index < -0.39 is 10.2 Å². The van der Waals surface area contributed by atoms with Crippen LogP contribution >= 0.6 is 0 Å². The second-order valence-electron chi connectivity index (χ2n) is 6.76. The highest BCUT2D eigenvalue weighted by atomic mass is 32.2. The molecule has 0 saturated heterocycles. The number of nitrogens with one attached hydrogen (secondary N) is 1. The molecule has 138 valence electrons. The second kappa shape index (κ2) is 7.31. The van der Waals surface area contributed by atoms with E-state index in [1.165, 1.54) is 22.7 Å². The average molecular weight is 367 g/mol. The first-order valence-electron chi connectivity index (χ1n) is 8.58. The van der Waals surface area contributed by atoms with Gasteiger partial charge in [-0.25, -0.2) is 0 Å². The minimum absolute atomic E-state index is 0.0745. The van der Waals surface area contributed by atoms with E-state index in [1.807, 2.05) is 18.2 Å². The fourth-order valence-corrected chi connectivity index (χ4v) is 3.86. The maximum absolute atomic E-state index is 12.4. The Bertz CT molecular complexity index is 744. The Morgan fingerprint density at radius 1 is 1.36 bits per heavy atom. The molecule has 2 aliphatic rings. The summed E-state index contributed by atoms with van der Waals surface area (Å²) in [6, 6.07) is 6.13. The van der Waals surface area contributed by atoms with E-state index in [9.17, 15) is 13.2 Å². The predicted molar refractivity (Wildman–Crippen MR) is 94.4 cm³/mol. The quantitative estimate of drug-likeness (QED) is 0.810. The number of nitrogens with zero attached hydrogens (tertiary/aromatic N) is 2. The number of fused-ring (bicyclic) bond motifs is 1. The van der Waals surface area contributed by atoms with Crippen molar-refractivity contribution in [1.29, 1.82) is 0 Å². The Balaban J connectivity index is 1.69. The van der Waals surface area contributed by atoms with Crippen molar-refractivity contribution in [3.8, 4) is 5.75 Å². The zero-order chi connectivity index (χ0) is 18.0. The molecule has 3 rings (SSSR count). The highest BCUT2D eigenvalue weighted by Crippen LogP contribution is 2.26. The number of rotatable bonds is 6. The molecule has 8 heteroatoms. The summed E-state index contributed by atoms with van der Waals surface area (Å²) in [5.74, 6) is 0.785. The fourth-order valence-electron chi connectivity index (χ4n) is 2.79. The van der Waals surface area contributed by atoms with Gasteiger partial charge in [0.15, 0.2) is 0 Å². The topological polar surface area (TPSA) is 79.0 Å². The molecule has 0 unspecified atom stereocenters. The van der Waals surface area contributed by atoms with Crippen LogP contribution < -0.4 is 10.1 Å². The van der Waals surface area contributed by atoms with Crippen molar-refractivity contribution in [3.63, 3.8) is 0 Å². The third-order valence-electron chi connectivity index (χ3n) is 4.44. The van der Waals surface area contributed by atoms with Crippen LogP contribution in [0, 0.1) is 0 Å². The normalized spacial score (nSPS) is 18.4. The van der Waals surface area contributed by atoms with Gasteiger partial charge in [-0.1, -0.05) is 12.1 Å². The van der Waals surface area contributed by atoms with Crippen LogP contribution in [0.25, 0.3) is 0 Å². The number of hydrogen-bond acceptors (Lipinski definition) is 4. The molecule has 0 radical (unpaired) electrons. The Kier molecular flexibility index (Phi) is 5.31. The highest BCUT2D eigenvalue weighted by Gasteiger charge is 2.28. The molecule has 1 amide bonds. The molecule has 25 heavy (non-hydrogen) atoms. The van der Waals surface area contributed by atoms with Gasteiger partial charge >= 0.3 is 0 Å². The van der Waals surface area contributed by atoms with E-state index in [2.05, 4.69) is 5.32 Å². The van der Waals surface area contributed by atoms with Crippen molar-refractivity contribution in [2.75, 3.05) is 27.2 Å². The molecule has 1 N–H and O–H groups in total. The Morgan fingerprint density at radius 3 is 2.80 bits per heavy atom. The number of hydrogen-bond donors (Lipinski definition) is 1. The van der Waals surface area contributed by atoms with Gasteiger partial charge in [-0.2, -0.15) is 17.0 Å². The van der Waals surface area contributed by atoms with Crippen LogP contribution in [0.15, 0.2) is 18.2 Å². The van der Waals surface area contributed by atoms with Gasteiger partial charge in [0, 0.05) is 45.2 Å².